The normalized spacial score (nSPS) is 21.9. The van der Waals surface area contributed by atoms with E-state index in [1.807, 2.05) is 79.9 Å². The minimum atomic E-state index is 0.0159. The van der Waals surface area contributed by atoms with Gasteiger partial charge in [0.2, 0.25) is 5.70 Å². The summed E-state index contributed by atoms with van der Waals surface area (Å²) in [6.07, 6.45) is 11.4. The zero-order chi connectivity index (χ0) is 19.1. The Balaban J connectivity index is 1.47. The SMILES string of the molecule is Cc1ccccc1Oc1ccc(C2=NC(C3=CC=C3)=C3C=NC=C[N+]23N)cc1. The van der Waals surface area contributed by atoms with Gasteiger partial charge in [-0.3, -0.25) is 4.99 Å². The summed E-state index contributed by atoms with van der Waals surface area (Å²) in [6.45, 7) is 2.03. The number of para-hydroxylation sites is 1. The van der Waals surface area contributed by atoms with Crippen LogP contribution in [0.2, 0.25) is 0 Å². The van der Waals surface area contributed by atoms with E-state index in [4.69, 9.17) is 15.6 Å². The summed E-state index contributed by atoms with van der Waals surface area (Å²) in [4.78, 5) is 9.11. The highest BCUT2D eigenvalue weighted by atomic mass is 16.5. The Kier molecular flexibility index (Phi) is 3.72. The highest BCUT2D eigenvalue weighted by Crippen LogP contribution is 2.36. The first-order chi connectivity index (χ1) is 13.6. The highest BCUT2D eigenvalue weighted by molar-refractivity contribution is 6.01. The zero-order valence-corrected chi connectivity index (χ0v) is 15.4. The van der Waals surface area contributed by atoms with Crippen molar-refractivity contribution < 1.29 is 9.33 Å². The maximum Gasteiger partial charge on any atom is 0.265 e. The number of ether oxygens (including phenoxy) is 1. The molecule has 2 N–H and O–H groups in total. The third kappa shape index (κ3) is 2.57. The second-order valence-corrected chi connectivity index (χ2v) is 6.90. The highest BCUT2D eigenvalue weighted by Gasteiger charge is 2.44. The van der Waals surface area contributed by atoms with E-state index in [-0.39, 0.29) is 4.59 Å². The number of aryl methyl sites for hydroxylation is 1. The van der Waals surface area contributed by atoms with Crippen LogP contribution in [0.3, 0.4) is 0 Å². The van der Waals surface area contributed by atoms with Crippen LogP contribution in [0.4, 0.5) is 0 Å². The fourth-order valence-electron chi connectivity index (χ4n) is 3.41. The van der Waals surface area contributed by atoms with Gasteiger partial charge in [-0.05, 0) is 42.8 Å². The van der Waals surface area contributed by atoms with Gasteiger partial charge in [-0.25, -0.2) is 0 Å². The fraction of sp³-hybridized carbons (Fsp3) is 0.0435. The van der Waals surface area contributed by atoms with E-state index >= 15 is 0 Å². The molecule has 0 aromatic heterocycles. The second-order valence-electron chi connectivity index (χ2n) is 6.90. The minimum Gasteiger partial charge on any atom is -0.457 e. The number of fused-ring (bicyclic) bond motifs is 1. The van der Waals surface area contributed by atoms with Gasteiger partial charge in [-0.15, -0.1) is 4.59 Å². The van der Waals surface area contributed by atoms with E-state index in [1.165, 1.54) is 0 Å². The molecule has 0 saturated heterocycles. The number of hydrogen-bond donors (Lipinski definition) is 1. The number of amidine groups is 1. The Labute approximate surface area is 163 Å². The Hall–Kier alpha value is -3.54. The number of nitrogens with two attached hydrogens (primary N) is 1. The van der Waals surface area contributed by atoms with Crippen LogP contribution < -0.4 is 10.6 Å². The van der Waals surface area contributed by atoms with Crippen LogP contribution in [0, 0.1) is 6.92 Å². The van der Waals surface area contributed by atoms with E-state index in [9.17, 15) is 0 Å². The second kappa shape index (κ2) is 6.27. The molecule has 0 amide bonds. The van der Waals surface area contributed by atoms with Crippen LogP contribution in [-0.2, 0) is 0 Å². The van der Waals surface area contributed by atoms with Crippen LogP contribution in [0.1, 0.15) is 11.1 Å². The smallest absolute Gasteiger partial charge is 0.265 e. The number of nitrogens with zero attached hydrogens (tertiary/aromatic N) is 3. The molecule has 5 rings (SSSR count). The number of hydrogen-bond acceptors (Lipinski definition) is 4. The van der Waals surface area contributed by atoms with Gasteiger partial charge in [-0.1, -0.05) is 36.4 Å². The zero-order valence-electron chi connectivity index (χ0n) is 15.4. The average molecular weight is 367 g/mol. The summed E-state index contributed by atoms with van der Waals surface area (Å²) in [6, 6.07) is 15.8. The molecular formula is C23H19N4O+. The van der Waals surface area contributed by atoms with Crippen molar-refractivity contribution in [2.24, 2.45) is 15.8 Å². The summed E-state index contributed by atoms with van der Waals surface area (Å²) < 4.78 is 6.02. The molecule has 3 aliphatic rings. The van der Waals surface area contributed by atoms with Crippen molar-refractivity contribution in [2.45, 2.75) is 6.92 Å². The van der Waals surface area contributed by atoms with Crippen molar-refractivity contribution in [1.82, 2.24) is 0 Å². The van der Waals surface area contributed by atoms with Crippen molar-refractivity contribution in [3.63, 3.8) is 0 Å². The topological polar surface area (TPSA) is 60.0 Å². The first-order valence-electron chi connectivity index (χ1n) is 9.10. The van der Waals surface area contributed by atoms with Crippen LogP contribution in [0.25, 0.3) is 0 Å². The van der Waals surface area contributed by atoms with Crippen LogP contribution in [0.5, 0.6) is 11.5 Å². The number of aliphatic imine (C=N–C) groups is 2. The van der Waals surface area contributed by atoms with Gasteiger partial charge < -0.3 is 4.74 Å². The molecule has 0 spiro atoms. The standard InChI is InChI=1S/C23H19N4O/c1-16-5-2-3-8-21(16)28-19-11-9-18(10-12-19)23-26-22(17-6-4-7-17)20-15-25-13-14-27(20,23)24/h2-15H,24H2,1H3/q+1. The Bertz CT molecular complexity index is 1150. The van der Waals surface area contributed by atoms with E-state index in [0.717, 1.165) is 45.4 Å². The lowest BCUT2D eigenvalue weighted by Crippen LogP contribution is -2.53. The van der Waals surface area contributed by atoms with Crippen molar-refractivity contribution in [3.05, 3.63) is 107 Å². The molecule has 1 unspecified atom stereocenters. The van der Waals surface area contributed by atoms with Gasteiger partial charge in [0.15, 0.2) is 0 Å². The largest absolute Gasteiger partial charge is 0.457 e. The molecule has 2 aromatic rings. The van der Waals surface area contributed by atoms with Gasteiger partial charge in [0.25, 0.3) is 5.84 Å². The van der Waals surface area contributed by atoms with Gasteiger partial charge >= 0.3 is 0 Å². The molecule has 5 nitrogen and oxygen atoms in total. The summed E-state index contributed by atoms with van der Waals surface area (Å²) in [7, 11) is 0. The molecular weight excluding hydrogens is 348 g/mol. The molecule has 2 aliphatic heterocycles. The summed E-state index contributed by atoms with van der Waals surface area (Å²) in [5.74, 6) is 9.10. The lowest BCUT2D eigenvalue weighted by Gasteiger charge is -2.26. The molecule has 28 heavy (non-hydrogen) atoms. The minimum absolute atomic E-state index is 0.0159. The van der Waals surface area contributed by atoms with Crippen LogP contribution in [-0.4, -0.2) is 16.6 Å². The van der Waals surface area contributed by atoms with Crippen molar-refractivity contribution >= 4 is 12.1 Å². The van der Waals surface area contributed by atoms with Crippen molar-refractivity contribution in [3.8, 4) is 11.5 Å². The predicted octanol–water partition coefficient (Wildman–Crippen LogP) is 4.50. The summed E-state index contributed by atoms with van der Waals surface area (Å²) >= 11 is 0. The molecule has 0 radical (unpaired) electrons. The van der Waals surface area contributed by atoms with Gasteiger partial charge in [0.05, 0.1) is 18.0 Å². The monoisotopic (exact) mass is 367 g/mol. The van der Waals surface area contributed by atoms with Crippen molar-refractivity contribution in [1.29, 1.82) is 0 Å². The first-order valence-corrected chi connectivity index (χ1v) is 9.10. The number of benzene rings is 2. The lowest BCUT2D eigenvalue weighted by molar-refractivity contribution is -0.750. The van der Waals surface area contributed by atoms with Gasteiger partial charge in [0, 0.05) is 5.57 Å². The summed E-state index contributed by atoms with van der Waals surface area (Å²) in [5, 5.41) is 0. The van der Waals surface area contributed by atoms with Gasteiger partial charge in [0.1, 0.15) is 23.4 Å². The van der Waals surface area contributed by atoms with E-state index < -0.39 is 0 Å². The average Bonchev–Trinajstić information content (AvgIpc) is 2.96. The molecule has 0 bridgehead atoms. The van der Waals surface area contributed by atoms with Crippen LogP contribution in [0.15, 0.2) is 106 Å². The molecule has 2 heterocycles. The third-order valence-electron chi connectivity index (χ3n) is 5.05. The molecule has 0 fully saturated rings. The Morgan fingerprint density at radius 1 is 1.04 bits per heavy atom. The number of rotatable bonds is 4. The Morgan fingerprint density at radius 2 is 1.82 bits per heavy atom. The molecule has 1 aliphatic carbocycles. The van der Waals surface area contributed by atoms with E-state index in [2.05, 4.69) is 4.99 Å². The number of allylic oxidation sites excluding steroid dienone is 4. The third-order valence-corrected chi connectivity index (χ3v) is 5.05. The molecule has 2 aromatic carbocycles. The summed E-state index contributed by atoms with van der Waals surface area (Å²) in [5.41, 5.74) is 4.84. The van der Waals surface area contributed by atoms with Crippen LogP contribution >= 0.6 is 0 Å². The van der Waals surface area contributed by atoms with Crippen molar-refractivity contribution in [2.75, 3.05) is 0 Å². The maximum atomic E-state index is 6.72. The lowest BCUT2D eigenvalue weighted by atomic mass is 10.0. The number of quaternary nitrogens is 1. The van der Waals surface area contributed by atoms with E-state index in [0.29, 0.717) is 0 Å². The Morgan fingerprint density at radius 3 is 2.54 bits per heavy atom. The molecule has 0 saturated carbocycles. The quantitative estimate of drug-likeness (QED) is 0.639. The fourth-order valence-corrected chi connectivity index (χ4v) is 3.41. The first kappa shape index (κ1) is 16.6. The predicted molar refractivity (Wildman–Crippen MR) is 111 cm³/mol. The maximum absolute atomic E-state index is 6.72. The molecule has 136 valence electrons. The van der Waals surface area contributed by atoms with Gasteiger partial charge in [-0.2, -0.15) is 10.8 Å². The molecule has 1 atom stereocenters. The van der Waals surface area contributed by atoms with E-state index in [1.54, 1.807) is 12.4 Å². The molecule has 5 heteroatoms.